The van der Waals surface area contributed by atoms with Crippen molar-refractivity contribution in [2.75, 3.05) is 11.1 Å². The van der Waals surface area contributed by atoms with Crippen molar-refractivity contribution in [3.8, 4) is 0 Å². The first-order valence-corrected chi connectivity index (χ1v) is 6.41. The van der Waals surface area contributed by atoms with E-state index < -0.39 is 0 Å². The summed E-state index contributed by atoms with van der Waals surface area (Å²) in [6, 6.07) is 0. The van der Waals surface area contributed by atoms with Crippen LogP contribution < -0.4 is 0 Å². The number of hydrogen-bond acceptors (Lipinski definition) is 1. The van der Waals surface area contributed by atoms with E-state index in [1.54, 1.807) is 0 Å². The molecule has 0 spiro atoms. The molecule has 1 rings (SSSR count). The van der Waals surface area contributed by atoms with E-state index in [4.69, 9.17) is 11.6 Å². The van der Waals surface area contributed by atoms with E-state index in [9.17, 15) is 0 Å². The van der Waals surface area contributed by atoms with Crippen LogP contribution in [0, 0.1) is 6.42 Å². The standard InChI is InChI=1S/C9H11BrClS/c10-6-3-7-12-9-5-2-1-4-8(9)11/h1,4-5H,2-3,6-7H2. The number of thioether (sulfide) groups is 1. The second kappa shape index (κ2) is 6.11. The summed E-state index contributed by atoms with van der Waals surface area (Å²) in [5.74, 6) is 1.14. The molecule has 0 saturated heterocycles. The summed E-state index contributed by atoms with van der Waals surface area (Å²) in [6.07, 6.45) is 8.46. The van der Waals surface area contributed by atoms with E-state index in [0.29, 0.717) is 0 Å². The van der Waals surface area contributed by atoms with Gasteiger partial charge in [0.15, 0.2) is 0 Å². The van der Waals surface area contributed by atoms with Gasteiger partial charge >= 0.3 is 0 Å². The molecule has 0 aromatic rings. The lowest BCUT2D eigenvalue weighted by Crippen LogP contribution is -1.88. The number of rotatable bonds is 4. The Morgan fingerprint density at radius 1 is 1.58 bits per heavy atom. The van der Waals surface area contributed by atoms with Gasteiger partial charge in [-0.25, -0.2) is 0 Å². The molecule has 67 valence electrons. The molecule has 0 aromatic heterocycles. The van der Waals surface area contributed by atoms with Gasteiger partial charge in [0.25, 0.3) is 0 Å². The van der Waals surface area contributed by atoms with E-state index in [0.717, 1.165) is 22.5 Å². The Hall–Kier alpha value is 0.600. The van der Waals surface area contributed by atoms with Crippen molar-refractivity contribution in [2.45, 2.75) is 12.8 Å². The lowest BCUT2D eigenvalue weighted by atomic mass is 10.2. The number of allylic oxidation sites excluding steroid dienone is 3. The highest BCUT2D eigenvalue weighted by Crippen LogP contribution is 2.31. The Labute approximate surface area is 91.6 Å². The molecule has 1 aliphatic rings. The van der Waals surface area contributed by atoms with Crippen molar-refractivity contribution >= 4 is 39.3 Å². The summed E-state index contributed by atoms with van der Waals surface area (Å²) in [6.45, 7) is 0. The first-order valence-electron chi connectivity index (χ1n) is 3.93. The van der Waals surface area contributed by atoms with Crippen molar-refractivity contribution in [3.63, 3.8) is 0 Å². The van der Waals surface area contributed by atoms with Crippen LogP contribution in [0.3, 0.4) is 0 Å². The second-order valence-electron chi connectivity index (χ2n) is 2.45. The highest BCUT2D eigenvalue weighted by molar-refractivity contribution is 9.09. The molecule has 0 bridgehead atoms. The first-order chi connectivity index (χ1) is 5.84. The van der Waals surface area contributed by atoms with Crippen LogP contribution >= 0.6 is 39.3 Å². The molecule has 0 aliphatic heterocycles. The van der Waals surface area contributed by atoms with Gasteiger partial charge in [-0.2, -0.15) is 0 Å². The Kier molecular flexibility index (Phi) is 5.44. The zero-order valence-electron chi connectivity index (χ0n) is 6.72. The number of halogens is 2. The summed E-state index contributed by atoms with van der Waals surface area (Å²) in [5, 5.41) is 1.96. The largest absolute Gasteiger partial charge is 0.125 e. The normalized spacial score (nSPS) is 17.2. The molecule has 1 aliphatic carbocycles. The van der Waals surface area contributed by atoms with Gasteiger partial charge in [0.2, 0.25) is 0 Å². The van der Waals surface area contributed by atoms with Crippen LogP contribution in [-0.2, 0) is 0 Å². The molecule has 0 nitrogen and oxygen atoms in total. The van der Waals surface area contributed by atoms with Gasteiger partial charge in [0.05, 0.1) is 5.03 Å². The van der Waals surface area contributed by atoms with Gasteiger partial charge in [-0.3, -0.25) is 0 Å². The second-order valence-corrected chi connectivity index (χ2v) is 4.78. The third kappa shape index (κ3) is 3.55. The molecular weight excluding hydrogens is 256 g/mol. The zero-order valence-corrected chi connectivity index (χ0v) is 9.88. The predicted octanol–water partition coefficient (Wildman–Crippen LogP) is 4.12. The molecule has 0 unspecified atom stereocenters. The third-order valence-electron chi connectivity index (χ3n) is 1.47. The molecule has 0 aromatic carbocycles. The Bertz CT molecular complexity index is 199. The van der Waals surface area contributed by atoms with Gasteiger partial charge < -0.3 is 0 Å². The number of hydrogen-bond donors (Lipinski definition) is 0. The monoisotopic (exact) mass is 265 g/mol. The Morgan fingerprint density at radius 3 is 3.08 bits per heavy atom. The van der Waals surface area contributed by atoms with E-state index in [-0.39, 0.29) is 0 Å². The van der Waals surface area contributed by atoms with Crippen LogP contribution in [0.15, 0.2) is 22.1 Å². The number of alkyl halides is 1. The van der Waals surface area contributed by atoms with Gasteiger partial charge in [-0.05, 0) is 25.0 Å². The van der Waals surface area contributed by atoms with Gasteiger partial charge in [-0.1, -0.05) is 39.7 Å². The highest BCUT2D eigenvalue weighted by Gasteiger charge is 2.05. The summed E-state index contributed by atoms with van der Waals surface area (Å²) in [7, 11) is 0. The summed E-state index contributed by atoms with van der Waals surface area (Å²) in [4.78, 5) is 1.24. The minimum atomic E-state index is 0.890. The highest BCUT2D eigenvalue weighted by atomic mass is 79.9. The average Bonchev–Trinajstić information content (AvgIpc) is 2.09. The van der Waals surface area contributed by atoms with Crippen molar-refractivity contribution in [2.24, 2.45) is 0 Å². The lowest BCUT2D eigenvalue weighted by Gasteiger charge is -2.09. The molecular formula is C9H11BrClS. The molecule has 0 saturated carbocycles. The zero-order chi connectivity index (χ0) is 8.81. The van der Waals surface area contributed by atoms with E-state index in [1.165, 1.54) is 11.3 Å². The molecule has 1 radical (unpaired) electrons. The van der Waals surface area contributed by atoms with E-state index in [1.807, 2.05) is 17.8 Å². The van der Waals surface area contributed by atoms with Crippen LogP contribution in [0.4, 0.5) is 0 Å². The fourth-order valence-corrected chi connectivity index (χ4v) is 2.80. The van der Waals surface area contributed by atoms with Crippen molar-refractivity contribution in [3.05, 3.63) is 28.5 Å². The summed E-state index contributed by atoms with van der Waals surface area (Å²) < 4.78 is 0. The average molecular weight is 267 g/mol. The van der Waals surface area contributed by atoms with Crippen LogP contribution in [-0.4, -0.2) is 11.1 Å². The topological polar surface area (TPSA) is 0 Å². The maximum atomic E-state index is 5.99. The summed E-state index contributed by atoms with van der Waals surface area (Å²) >= 11 is 11.2. The van der Waals surface area contributed by atoms with Gasteiger partial charge in [0, 0.05) is 10.2 Å². The van der Waals surface area contributed by atoms with Crippen molar-refractivity contribution in [1.82, 2.24) is 0 Å². The Morgan fingerprint density at radius 2 is 2.42 bits per heavy atom. The van der Waals surface area contributed by atoms with Crippen LogP contribution in [0.25, 0.3) is 0 Å². The minimum absolute atomic E-state index is 0.890. The predicted molar refractivity (Wildman–Crippen MR) is 61.8 cm³/mol. The Balaban J connectivity index is 2.31. The molecule has 0 fully saturated rings. The van der Waals surface area contributed by atoms with Crippen molar-refractivity contribution < 1.29 is 0 Å². The molecule has 3 heteroatoms. The van der Waals surface area contributed by atoms with Crippen LogP contribution in [0.1, 0.15) is 12.8 Å². The smallest absolute Gasteiger partial charge is 0.0501 e. The minimum Gasteiger partial charge on any atom is -0.125 e. The maximum absolute atomic E-state index is 5.99. The van der Waals surface area contributed by atoms with Gasteiger partial charge in [-0.15, -0.1) is 11.8 Å². The van der Waals surface area contributed by atoms with Crippen molar-refractivity contribution in [1.29, 1.82) is 0 Å². The molecule has 12 heavy (non-hydrogen) atoms. The SMILES string of the molecule is ClC1=C[CH]CC=C1SCCCBr. The van der Waals surface area contributed by atoms with E-state index in [2.05, 4.69) is 28.4 Å². The maximum Gasteiger partial charge on any atom is 0.0501 e. The summed E-state index contributed by atoms with van der Waals surface area (Å²) in [5.41, 5.74) is 0. The lowest BCUT2D eigenvalue weighted by molar-refractivity contribution is 1.14. The molecule has 0 heterocycles. The third-order valence-corrected chi connectivity index (χ3v) is 3.67. The first kappa shape index (κ1) is 10.7. The van der Waals surface area contributed by atoms with Crippen LogP contribution in [0.5, 0.6) is 0 Å². The molecule has 0 N–H and O–H groups in total. The molecule has 0 amide bonds. The fourth-order valence-electron chi connectivity index (χ4n) is 0.891. The van der Waals surface area contributed by atoms with Gasteiger partial charge in [0.1, 0.15) is 0 Å². The molecule has 0 atom stereocenters. The van der Waals surface area contributed by atoms with Crippen LogP contribution in [0.2, 0.25) is 0 Å². The fraction of sp³-hybridized carbons (Fsp3) is 0.444. The quantitative estimate of drug-likeness (QED) is 0.545. The van der Waals surface area contributed by atoms with E-state index >= 15 is 0 Å².